The molecule has 0 bridgehead atoms. The first-order valence-corrected chi connectivity index (χ1v) is 13.1. The number of hydrogen-bond donors (Lipinski definition) is 2. The first kappa shape index (κ1) is 27.0. The van der Waals surface area contributed by atoms with E-state index in [1.807, 2.05) is 0 Å². The third-order valence-electron chi connectivity index (χ3n) is 5.99. The van der Waals surface area contributed by atoms with Crippen LogP contribution >= 0.6 is 11.6 Å². The maximum absolute atomic E-state index is 13.2. The number of carbonyl (C=O) groups excluding carboxylic acids is 1. The van der Waals surface area contributed by atoms with Crippen LogP contribution in [0.4, 0.5) is 18.9 Å². The molecule has 198 valence electrons. The van der Waals surface area contributed by atoms with Gasteiger partial charge in [0.1, 0.15) is 5.69 Å². The highest BCUT2D eigenvalue weighted by atomic mass is 35.5. The van der Waals surface area contributed by atoms with Crippen molar-refractivity contribution in [1.82, 2.24) is 14.8 Å². The van der Waals surface area contributed by atoms with Crippen LogP contribution in [-0.2, 0) is 27.2 Å². The number of carbonyl (C=O) groups is 1. The Bertz CT molecular complexity index is 1400. The van der Waals surface area contributed by atoms with Gasteiger partial charge in [0.15, 0.2) is 0 Å². The fourth-order valence-electron chi connectivity index (χ4n) is 4.25. The fourth-order valence-corrected chi connectivity index (χ4v) is 4.86. The molecular formula is C23H23ClF3N5O4S. The number of pyridine rings is 1. The average Bonchev–Trinajstić information content (AvgIpc) is 3.47. The molecule has 3 aromatic rings. The second-order valence-corrected chi connectivity index (χ2v) is 10.4. The molecular weight excluding hydrogens is 535 g/mol. The number of anilines is 1. The molecule has 0 saturated heterocycles. The Morgan fingerprint density at radius 1 is 1.24 bits per heavy atom. The van der Waals surface area contributed by atoms with E-state index in [2.05, 4.69) is 15.4 Å². The first-order valence-electron chi connectivity index (χ1n) is 11.2. The number of aromatic nitrogens is 3. The van der Waals surface area contributed by atoms with Crippen molar-refractivity contribution in [2.45, 2.75) is 38.0 Å². The third kappa shape index (κ3) is 7.06. The zero-order chi connectivity index (χ0) is 26.8. The molecule has 2 heterocycles. The number of nitrogens with zero attached hydrogens (tertiary/aromatic N) is 3. The van der Waals surface area contributed by atoms with Crippen molar-refractivity contribution in [3.05, 3.63) is 76.3 Å². The number of nitrogens with two attached hydrogens (primary N) is 1. The lowest BCUT2D eigenvalue weighted by molar-refractivity contribution is -0.137. The van der Waals surface area contributed by atoms with E-state index in [4.69, 9.17) is 20.9 Å². The van der Waals surface area contributed by atoms with Crippen LogP contribution in [0, 0.1) is 5.92 Å². The second-order valence-electron chi connectivity index (χ2n) is 8.76. The highest BCUT2D eigenvalue weighted by molar-refractivity contribution is 7.84. The van der Waals surface area contributed by atoms with Crippen molar-refractivity contribution in [1.29, 1.82) is 0 Å². The molecule has 37 heavy (non-hydrogen) atoms. The number of halogens is 4. The summed E-state index contributed by atoms with van der Waals surface area (Å²) < 4.78 is 67.6. The molecule has 0 radical (unpaired) electrons. The van der Waals surface area contributed by atoms with Crippen molar-refractivity contribution in [3.63, 3.8) is 0 Å². The Balaban J connectivity index is 1.44. The van der Waals surface area contributed by atoms with E-state index >= 15 is 0 Å². The smallest absolute Gasteiger partial charge is 0.382 e. The predicted octanol–water partition coefficient (Wildman–Crippen LogP) is 4.03. The number of benzene rings is 1. The van der Waals surface area contributed by atoms with Gasteiger partial charge in [-0.25, -0.2) is 5.14 Å². The lowest BCUT2D eigenvalue weighted by Gasteiger charge is -2.17. The van der Waals surface area contributed by atoms with Gasteiger partial charge in [-0.15, -0.1) is 0 Å². The lowest BCUT2D eigenvalue weighted by atomic mass is 10.1. The van der Waals surface area contributed by atoms with E-state index in [0.29, 0.717) is 17.7 Å². The van der Waals surface area contributed by atoms with Gasteiger partial charge in [-0.05, 0) is 55.0 Å². The zero-order valence-corrected chi connectivity index (χ0v) is 20.9. The summed E-state index contributed by atoms with van der Waals surface area (Å²) in [6, 6.07) is 6.72. The van der Waals surface area contributed by atoms with Gasteiger partial charge >= 0.3 is 16.5 Å². The quantitative estimate of drug-likeness (QED) is 0.380. The molecule has 4 rings (SSSR count). The van der Waals surface area contributed by atoms with Crippen LogP contribution in [0.25, 0.3) is 0 Å². The van der Waals surface area contributed by atoms with Crippen molar-refractivity contribution >= 4 is 33.4 Å². The number of hydrogen-bond acceptors (Lipinski definition) is 7. The van der Waals surface area contributed by atoms with Crippen molar-refractivity contribution in [3.8, 4) is 0 Å². The Morgan fingerprint density at radius 2 is 2.03 bits per heavy atom. The van der Waals surface area contributed by atoms with Crippen LogP contribution in [0.3, 0.4) is 0 Å². The van der Waals surface area contributed by atoms with Gasteiger partial charge in [0.05, 0.1) is 29.3 Å². The van der Waals surface area contributed by atoms with Gasteiger partial charge < -0.3 is 5.32 Å². The molecule has 2 unspecified atom stereocenters. The Hall–Kier alpha value is -3.00. The molecule has 9 nitrogen and oxygen atoms in total. The molecule has 1 aliphatic carbocycles. The van der Waals surface area contributed by atoms with Crippen LogP contribution in [0.1, 0.15) is 46.4 Å². The molecule has 1 fully saturated rings. The summed E-state index contributed by atoms with van der Waals surface area (Å²) in [5, 5.41) is 12.0. The average molecular weight is 558 g/mol. The van der Waals surface area contributed by atoms with Gasteiger partial charge in [-0.2, -0.15) is 26.7 Å². The Kier molecular flexibility index (Phi) is 7.88. The maximum atomic E-state index is 13.2. The summed E-state index contributed by atoms with van der Waals surface area (Å²) in [7, 11) is -4.00. The van der Waals surface area contributed by atoms with E-state index in [-0.39, 0.29) is 36.4 Å². The number of nitrogens with one attached hydrogen (secondary N) is 1. The predicted molar refractivity (Wildman–Crippen MR) is 129 cm³/mol. The van der Waals surface area contributed by atoms with Crippen LogP contribution in [0.5, 0.6) is 0 Å². The number of alkyl halides is 3. The minimum atomic E-state index is -4.59. The molecule has 0 spiro atoms. The van der Waals surface area contributed by atoms with Crippen molar-refractivity contribution in [2.75, 3.05) is 11.9 Å². The van der Waals surface area contributed by atoms with Crippen LogP contribution in [-0.4, -0.2) is 41.6 Å². The van der Waals surface area contributed by atoms with Gasteiger partial charge in [0.25, 0.3) is 0 Å². The van der Waals surface area contributed by atoms with Gasteiger partial charge in [-0.1, -0.05) is 17.7 Å². The van der Waals surface area contributed by atoms with Gasteiger partial charge in [0.2, 0.25) is 5.78 Å². The van der Waals surface area contributed by atoms with E-state index in [1.165, 1.54) is 41.5 Å². The van der Waals surface area contributed by atoms with Crippen LogP contribution in [0.2, 0.25) is 5.02 Å². The molecule has 2 aromatic heterocycles. The summed E-state index contributed by atoms with van der Waals surface area (Å²) in [5.41, 5.74) is 0.311. The molecule has 3 N–H and O–H groups in total. The molecule has 1 saturated carbocycles. The Morgan fingerprint density at radius 3 is 2.76 bits per heavy atom. The molecule has 1 aliphatic rings. The largest absolute Gasteiger partial charge is 0.417 e. The molecule has 2 atom stereocenters. The maximum Gasteiger partial charge on any atom is 0.417 e. The molecule has 14 heteroatoms. The summed E-state index contributed by atoms with van der Waals surface area (Å²) in [4.78, 5) is 17.2. The van der Waals surface area contributed by atoms with Gasteiger partial charge in [-0.3, -0.25) is 18.6 Å². The Labute approximate surface area is 216 Å². The monoisotopic (exact) mass is 557 g/mol. The zero-order valence-electron chi connectivity index (χ0n) is 19.3. The second kappa shape index (κ2) is 10.8. The standard InChI is InChI=1S/C23H23ClF3N5O4S/c24-19-4-2-14(10-18(19)23(25,26)27)12-32-8-6-21(31-32)22(33)17-11-29-7-5-20(17)30-16-3-1-15(9-16)13-36-37(28,34)35/h2,4-8,10-11,15-16H,1,3,9,12-13H2,(H,29,30)(H2,28,34,35). The van der Waals surface area contributed by atoms with E-state index < -0.39 is 32.8 Å². The first-order chi connectivity index (χ1) is 17.4. The molecule has 1 aromatic carbocycles. The summed E-state index contributed by atoms with van der Waals surface area (Å²) in [6.45, 7) is 0.00436. The third-order valence-corrected chi connectivity index (χ3v) is 6.78. The summed E-state index contributed by atoms with van der Waals surface area (Å²) in [5.74, 6) is -0.410. The highest BCUT2D eigenvalue weighted by Crippen LogP contribution is 2.35. The minimum absolute atomic E-state index is 0.00163. The normalized spacial score (nSPS) is 18.2. The summed E-state index contributed by atoms with van der Waals surface area (Å²) >= 11 is 5.68. The minimum Gasteiger partial charge on any atom is -0.382 e. The number of ketones is 1. The van der Waals surface area contributed by atoms with Crippen LogP contribution < -0.4 is 10.5 Å². The van der Waals surface area contributed by atoms with Crippen molar-refractivity contribution < 1.29 is 30.6 Å². The molecule has 0 aliphatic heterocycles. The SMILES string of the molecule is NS(=O)(=O)OCC1CCC(Nc2ccncc2C(=O)c2ccn(Cc3ccc(Cl)c(C(F)(F)F)c3)n2)C1. The van der Waals surface area contributed by atoms with Crippen molar-refractivity contribution in [2.24, 2.45) is 11.1 Å². The topological polar surface area (TPSA) is 129 Å². The lowest BCUT2D eigenvalue weighted by Crippen LogP contribution is -2.21. The number of rotatable bonds is 9. The fraction of sp³-hybridized carbons (Fsp3) is 0.348. The highest BCUT2D eigenvalue weighted by Gasteiger charge is 2.33. The van der Waals surface area contributed by atoms with E-state index in [1.54, 1.807) is 6.07 Å². The van der Waals surface area contributed by atoms with Crippen LogP contribution in [0.15, 0.2) is 48.9 Å². The van der Waals surface area contributed by atoms with E-state index in [9.17, 15) is 26.4 Å². The summed E-state index contributed by atoms with van der Waals surface area (Å²) in [6.07, 6.45) is 1.96. The molecule has 0 amide bonds. The van der Waals surface area contributed by atoms with E-state index in [0.717, 1.165) is 18.9 Å². The van der Waals surface area contributed by atoms with Gasteiger partial charge in [0, 0.05) is 30.3 Å².